The number of benzene rings is 3. The van der Waals surface area contributed by atoms with Crippen molar-refractivity contribution in [1.82, 2.24) is 5.43 Å². The summed E-state index contributed by atoms with van der Waals surface area (Å²) in [5.41, 5.74) is 5.94. The Morgan fingerprint density at radius 3 is 2.39 bits per heavy atom. The highest BCUT2D eigenvalue weighted by Crippen LogP contribution is 2.20. The standard InChI is InChI=1S/C23H22N2O2S/c1-18-7-5-6-8-20(18)16-28-17-23(26)25-24-15-19-11-13-22(14-12-19)27-21-9-3-2-4-10-21/h2-15H,16-17H2,1H3,(H,25,26)/b24-15-. The van der Waals surface area contributed by atoms with E-state index in [1.807, 2.05) is 66.7 Å². The molecule has 0 saturated heterocycles. The number of hydrogen-bond donors (Lipinski definition) is 1. The van der Waals surface area contributed by atoms with Crippen LogP contribution < -0.4 is 10.2 Å². The number of carbonyl (C=O) groups excluding carboxylic acids is 1. The molecule has 5 heteroatoms. The number of hydrogen-bond acceptors (Lipinski definition) is 4. The molecule has 142 valence electrons. The molecule has 0 aliphatic carbocycles. The predicted octanol–water partition coefficient (Wildman–Crippen LogP) is 5.17. The smallest absolute Gasteiger partial charge is 0.250 e. The van der Waals surface area contributed by atoms with Crippen LogP contribution in [0, 0.1) is 6.92 Å². The molecular weight excluding hydrogens is 368 g/mol. The van der Waals surface area contributed by atoms with Crippen LogP contribution in [-0.2, 0) is 10.5 Å². The molecule has 1 amide bonds. The van der Waals surface area contributed by atoms with Gasteiger partial charge >= 0.3 is 0 Å². The van der Waals surface area contributed by atoms with Gasteiger partial charge in [-0.25, -0.2) is 5.43 Å². The average Bonchev–Trinajstić information content (AvgIpc) is 2.72. The van der Waals surface area contributed by atoms with Crippen molar-refractivity contribution in [3.8, 4) is 11.5 Å². The third-order valence-corrected chi connectivity index (χ3v) is 5.00. The van der Waals surface area contributed by atoms with E-state index in [4.69, 9.17) is 4.74 Å². The molecule has 0 aliphatic rings. The summed E-state index contributed by atoms with van der Waals surface area (Å²) in [6.07, 6.45) is 1.62. The first-order valence-corrected chi connectivity index (χ1v) is 10.1. The van der Waals surface area contributed by atoms with E-state index in [9.17, 15) is 4.79 Å². The van der Waals surface area contributed by atoms with Crippen LogP contribution in [0.1, 0.15) is 16.7 Å². The third kappa shape index (κ3) is 6.28. The van der Waals surface area contributed by atoms with Gasteiger partial charge in [-0.3, -0.25) is 4.79 Å². The fourth-order valence-corrected chi connectivity index (χ4v) is 3.38. The van der Waals surface area contributed by atoms with Crippen molar-refractivity contribution in [3.63, 3.8) is 0 Å². The molecule has 0 aromatic heterocycles. The molecule has 0 aliphatic heterocycles. The maximum Gasteiger partial charge on any atom is 0.250 e. The minimum absolute atomic E-state index is 0.112. The van der Waals surface area contributed by atoms with Crippen LogP contribution in [0.25, 0.3) is 0 Å². The molecule has 4 nitrogen and oxygen atoms in total. The van der Waals surface area contributed by atoms with Crippen LogP contribution in [0.15, 0.2) is 84.0 Å². The van der Waals surface area contributed by atoms with Gasteiger partial charge in [0, 0.05) is 5.75 Å². The van der Waals surface area contributed by atoms with Gasteiger partial charge in [-0.2, -0.15) is 5.10 Å². The monoisotopic (exact) mass is 390 g/mol. The number of ether oxygens (including phenoxy) is 1. The Balaban J connectivity index is 1.41. The zero-order valence-corrected chi connectivity index (χ0v) is 16.5. The second-order valence-electron chi connectivity index (χ2n) is 6.20. The molecule has 0 radical (unpaired) electrons. The quantitative estimate of drug-likeness (QED) is 0.426. The summed E-state index contributed by atoms with van der Waals surface area (Å²) in [7, 11) is 0. The first-order chi connectivity index (χ1) is 13.7. The average molecular weight is 391 g/mol. The van der Waals surface area contributed by atoms with Crippen LogP contribution in [0.2, 0.25) is 0 Å². The molecule has 0 saturated carbocycles. The Bertz CT molecular complexity index is 925. The van der Waals surface area contributed by atoms with Gasteiger partial charge in [0.2, 0.25) is 5.91 Å². The predicted molar refractivity (Wildman–Crippen MR) is 116 cm³/mol. The van der Waals surface area contributed by atoms with E-state index in [1.54, 1.807) is 18.0 Å². The van der Waals surface area contributed by atoms with Crippen molar-refractivity contribution in [2.24, 2.45) is 5.10 Å². The van der Waals surface area contributed by atoms with Crippen LogP contribution in [0.4, 0.5) is 0 Å². The molecule has 0 fully saturated rings. The lowest BCUT2D eigenvalue weighted by Gasteiger charge is -2.05. The Morgan fingerprint density at radius 2 is 1.64 bits per heavy atom. The molecule has 0 bridgehead atoms. The number of aryl methyl sites for hydroxylation is 1. The minimum atomic E-state index is -0.112. The molecule has 1 N–H and O–H groups in total. The van der Waals surface area contributed by atoms with Gasteiger partial charge in [-0.05, 0) is 60.0 Å². The number of amides is 1. The Morgan fingerprint density at radius 1 is 0.964 bits per heavy atom. The van der Waals surface area contributed by atoms with Crippen molar-refractivity contribution in [2.45, 2.75) is 12.7 Å². The van der Waals surface area contributed by atoms with Crippen LogP contribution >= 0.6 is 11.8 Å². The van der Waals surface area contributed by atoms with E-state index in [0.29, 0.717) is 5.75 Å². The Kier molecular flexibility index (Phi) is 7.27. The van der Waals surface area contributed by atoms with Gasteiger partial charge < -0.3 is 4.74 Å². The first-order valence-electron chi connectivity index (χ1n) is 8.98. The lowest BCUT2D eigenvalue weighted by Crippen LogP contribution is -2.19. The molecule has 3 rings (SSSR count). The molecule has 0 spiro atoms. The lowest BCUT2D eigenvalue weighted by atomic mass is 10.1. The highest BCUT2D eigenvalue weighted by atomic mass is 32.2. The van der Waals surface area contributed by atoms with Crippen molar-refractivity contribution in [3.05, 3.63) is 95.6 Å². The molecule has 0 unspecified atom stereocenters. The topological polar surface area (TPSA) is 50.7 Å². The zero-order valence-electron chi connectivity index (χ0n) is 15.7. The number of nitrogens with zero attached hydrogens (tertiary/aromatic N) is 1. The summed E-state index contributed by atoms with van der Waals surface area (Å²) in [4.78, 5) is 11.9. The fourth-order valence-electron chi connectivity index (χ4n) is 2.48. The van der Waals surface area contributed by atoms with Crippen LogP contribution in [-0.4, -0.2) is 17.9 Å². The summed E-state index contributed by atoms with van der Waals surface area (Å²) in [5.74, 6) is 2.61. The third-order valence-electron chi connectivity index (χ3n) is 4.01. The fraction of sp³-hybridized carbons (Fsp3) is 0.130. The molecular formula is C23H22N2O2S. The summed E-state index contributed by atoms with van der Waals surface area (Å²) in [6, 6.07) is 25.3. The van der Waals surface area contributed by atoms with E-state index in [-0.39, 0.29) is 5.91 Å². The summed E-state index contributed by atoms with van der Waals surface area (Å²) < 4.78 is 5.75. The maximum absolute atomic E-state index is 11.9. The van der Waals surface area contributed by atoms with Gasteiger partial charge in [0.05, 0.1) is 12.0 Å². The van der Waals surface area contributed by atoms with Gasteiger partial charge in [0.15, 0.2) is 0 Å². The van der Waals surface area contributed by atoms with Gasteiger partial charge in [-0.15, -0.1) is 11.8 Å². The van der Waals surface area contributed by atoms with Crippen molar-refractivity contribution in [1.29, 1.82) is 0 Å². The lowest BCUT2D eigenvalue weighted by molar-refractivity contribution is -0.118. The Hall–Kier alpha value is -3.05. The maximum atomic E-state index is 11.9. The second kappa shape index (κ2) is 10.3. The van der Waals surface area contributed by atoms with Crippen LogP contribution in [0.3, 0.4) is 0 Å². The van der Waals surface area contributed by atoms with Crippen molar-refractivity contribution >= 4 is 23.9 Å². The van der Waals surface area contributed by atoms with Crippen LogP contribution in [0.5, 0.6) is 11.5 Å². The van der Waals surface area contributed by atoms with Gasteiger partial charge in [0.1, 0.15) is 11.5 Å². The number of carbonyl (C=O) groups is 1. The first kappa shape index (κ1) is 19.7. The van der Waals surface area contributed by atoms with E-state index in [0.717, 1.165) is 22.8 Å². The normalized spacial score (nSPS) is 10.8. The summed E-state index contributed by atoms with van der Waals surface area (Å²) in [5, 5.41) is 4.02. The zero-order chi connectivity index (χ0) is 19.6. The largest absolute Gasteiger partial charge is 0.457 e. The number of nitrogens with one attached hydrogen (secondary N) is 1. The second-order valence-corrected chi connectivity index (χ2v) is 7.18. The molecule has 0 heterocycles. The SMILES string of the molecule is Cc1ccccc1CSCC(=O)N/N=C\c1ccc(Oc2ccccc2)cc1. The highest BCUT2D eigenvalue weighted by molar-refractivity contribution is 7.99. The molecule has 3 aromatic carbocycles. The molecule has 3 aromatic rings. The number of rotatable bonds is 8. The van der Waals surface area contributed by atoms with Gasteiger partial charge in [0.25, 0.3) is 0 Å². The number of thioether (sulfide) groups is 1. The van der Waals surface area contributed by atoms with Crippen molar-refractivity contribution < 1.29 is 9.53 Å². The summed E-state index contributed by atoms with van der Waals surface area (Å²) in [6.45, 7) is 2.08. The Labute approximate surface area is 169 Å². The number of hydrazone groups is 1. The minimum Gasteiger partial charge on any atom is -0.457 e. The van der Waals surface area contributed by atoms with Gasteiger partial charge in [-0.1, -0.05) is 42.5 Å². The number of para-hydroxylation sites is 1. The van der Waals surface area contributed by atoms with Crippen molar-refractivity contribution in [2.75, 3.05) is 5.75 Å². The molecule has 28 heavy (non-hydrogen) atoms. The molecule has 0 atom stereocenters. The van der Waals surface area contributed by atoms with E-state index < -0.39 is 0 Å². The summed E-state index contributed by atoms with van der Waals surface area (Å²) >= 11 is 1.58. The van der Waals surface area contributed by atoms with E-state index >= 15 is 0 Å². The van der Waals surface area contributed by atoms with E-state index in [1.165, 1.54) is 11.1 Å². The highest BCUT2D eigenvalue weighted by Gasteiger charge is 2.02. The van der Waals surface area contributed by atoms with E-state index in [2.05, 4.69) is 29.6 Å².